The van der Waals surface area contributed by atoms with Crippen LogP contribution in [0.5, 0.6) is 5.75 Å². The summed E-state index contributed by atoms with van der Waals surface area (Å²) in [5.74, 6) is 1.86. The van der Waals surface area contributed by atoms with E-state index in [0.717, 1.165) is 38.3 Å². The van der Waals surface area contributed by atoms with E-state index in [1.165, 1.54) is 11.6 Å². The van der Waals surface area contributed by atoms with Gasteiger partial charge >= 0.3 is 0 Å². The molecular formula is C15H23N2O. The van der Waals surface area contributed by atoms with Crippen molar-refractivity contribution < 1.29 is 5.11 Å². The number of phenols is 1. The minimum Gasteiger partial charge on any atom is -0.508 e. The summed E-state index contributed by atoms with van der Waals surface area (Å²) >= 11 is 0. The Kier molecular flexibility index (Phi) is 4.12. The highest BCUT2D eigenvalue weighted by Gasteiger charge is 2.18. The van der Waals surface area contributed by atoms with Gasteiger partial charge in [0.2, 0.25) is 0 Å². The predicted molar refractivity (Wildman–Crippen MR) is 76.1 cm³/mol. The third-order valence-corrected chi connectivity index (χ3v) is 3.46. The van der Waals surface area contributed by atoms with E-state index in [1.54, 1.807) is 6.07 Å². The molecule has 3 heteroatoms. The van der Waals surface area contributed by atoms with Gasteiger partial charge in [-0.25, -0.2) is 0 Å². The number of nitrogens with zero attached hydrogens (tertiary/aromatic N) is 2. The second kappa shape index (κ2) is 5.61. The lowest BCUT2D eigenvalue weighted by Crippen LogP contribution is -2.47. The molecule has 0 saturated carbocycles. The molecule has 0 aliphatic carbocycles. The molecule has 0 bridgehead atoms. The first-order chi connectivity index (χ1) is 8.56. The van der Waals surface area contributed by atoms with E-state index in [2.05, 4.69) is 29.7 Å². The van der Waals surface area contributed by atoms with Crippen molar-refractivity contribution in [3.8, 4) is 5.75 Å². The molecule has 1 aromatic carbocycles. The Bertz CT molecular complexity index is 395. The summed E-state index contributed by atoms with van der Waals surface area (Å²) in [5, 5.41) is 9.55. The first-order valence-electron chi connectivity index (χ1n) is 6.62. The topological polar surface area (TPSA) is 26.7 Å². The number of hydrogen-bond acceptors (Lipinski definition) is 3. The predicted octanol–water partition coefficient (Wildman–Crippen LogP) is 2.44. The van der Waals surface area contributed by atoms with Gasteiger partial charge in [-0.2, -0.15) is 0 Å². The Hall–Kier alpha value is -1.22. The van der Waals surface area contributed by atoms with Crippen molar-refractivity contribution in [1.29, 1.82) is 0 Å². The lowest BCUT2D eigenvalue weighted by Gasteiger charge is -2.36. The molecule has 99 valence electrons. The van der Waals surface area contributed by atoms with Gasteiger partial charge in [0.05, 0.1) is 0 Å². The van der Waals surface area contributed by atoms with E-state index in [0.29, 0.717) is 5.75 Å². The molecule has 18 heavy (non-hydrogen) atoms. The molecule has 1 aromatic rings. The summed E-state index contributed by atoms with van der Waals surface area (Å²) in [6.07, 6.45) is 0. The third kappa shape index (κ3) is 3.16. The van der Waals surface area contributed by atoms with Gasteiger partial charge in [-0.3, -0.25) is 4.90 Å². The average molecular weight is 247 g/mol. The highest BCUT2D eigenvalue weighted by Crippen LogP contribution is 2.24. The molecular weight excluding hydrogens is 224 g/mol. The smallest absolute Gasteiger partial charge is 0.118 e. The van der Waals surface area contributed by atoms with Crippen LogP contribution in [-0.4, -0.2) is 42.7 Å². The fourth-order valence-corrected chi connectivity index (χ4v) is 2.45. The maximum atomic E-state index is 9.55. The van der Waals surface area contributed by atoms with Crippen molar-refractivity contribution in [3.05, 3.63) is 29.7 Å². The summed E-state index contributed by atoms with van der Waals surface area (Å²) in [4.78, 5) is 4.90. The van der Waals surface area contributed by atoms with Gasteiger partial charge in [0, 0.05) is 38.4 Å². The van der Waals surface area contributed by atoms with Gasteiger partial charge in [0.25, 0.3) is 0 Å². The summed E-state index contributed by atoms with van der Waals surface area (Å²) in [5.41, 5.74) is 2.18. The largest absolute Gasteiger partial charge is 0.508 e. The molecule has 0 amide bonds. The van der Waals surface area contributed by atoms with Crippen LogP contribution in [0.25, 0.3) is 0 Å². The number of aryl methyl sites for hydroxylation is 1. The van der Waals surface area contributed by atoms with Crippen molar-refractivity contribution in [1.82, 2.24) is 4.90 Å². The van der Waals surface area contributed by atoms with E-state index >= 15 is 0 Å². The summed E-state index contributed by atoms with van der Waals surface area (Å²) in [7, 11) is 0. The fourth-order valence-electron chi connectivity index (χ4n) is 2.45. The molecule has 0 spiro atoms. The van der Waals surface area contributed by atoms with E-state index in [1.807, 2.05) is 13.0 Å². The standard InChI is InChI=1S/C15H23N2O/c1-12(2)11-16-6-8-17(9-7-16)14-4-5-15(18)13(3)10-14/h4-5,10,18H,6-9,11H2,1-3H3. The zero-order valence-electron chi connectivity index (χ0n) is 11.6. The minimum atomic E-state index is 0.383. The van der Waals surface area contributed by atoms with Crippen molar-refractivity contribution >= 4 is 5.69 Å². The van der Waals surface area contributed by atoms with Gasteiger partial charge in [-0.15, -0.1) is 0 Å². The van der Waals surface area contributed by atoms with Crippen molar-refractivity contribution in [2.45, 2.75) is 20.8 Å². The zero-order valence-corrected chi connectivity index (χ0v) is 11.6. The van der Waals surface area contributed by atoms with Crippen molar-refractivity contribution in [3.63, 3.8) is 0 Å². The first kappa shape index (κ1) is 13.2. The van der Waals surface area contributed by atoms with Crippen LogP contribution in [0, 0.1) is 12.8 Å². The monoisotopic (exact) mass is 247 g/mol. The van der Waals surface area contributed by atoms with Gasteiger partial charge in [-0.05, 0) is 36.6 Å². The van der Waals surface area contributed by atoms with Crippen LogP contribution in [-0.2, 0) is 0 Å². The second-order valence-corrected chi connectivity index (χ2v) is 5.44. The van der Waals surface area contributed by atoms with Crippen LogP contribution in [0.15, 0.2) is 18.2 Å². The number of rotatable bonds is 3. The van der Waals surface area contributed by atoms with Crippen LogP contribution in [0.4, 0.5) is 5.69 Å². The average Bonchev–Trinajstić information content (AvgIpc) is 2.33. The van der Waals surface area contributed by atoms with Crippen LogP contribution < -0.4 is 4.90 Å². The van der Waals surface area contributed by atoms with E-state index in [4.69, 9.17) is 0 Å². The molecule has 2 rings (SSSR count). The number of piperazine rings is 1. The first-order valence-corrected chi connectivity index (χ1v) is 6.62. The molecule has 1 aliphatic rings. The Morgan fingerprint density at radius 1 is 1.17 bits per heavy atom. The number of aromatic hydroxyl groups is 1. The lowest BCUT2D eigenvalue weighted by molar-refractivity contribution is 0.267. The molecule has 3 nitrogen and oxygen atoms in total. The maximum Gasteiger partial charge on any atom is 0.118 e. The van der Waals surface area contributed by atoms with Crippen LogP contribution >= 0.6 is 0 Å². The molecule has 1 aliphatic heterocycles. The molecule has 0 aromatic heterocycles. The maximum absolute atomic E-state index is 9.55. The molecule has 1 radical (unpaired) electrons. The van der Waals surface area contributed by atoms with Gasteiger partial charge < -0.3 is 10.0 Å². The molecule has 1 N–H and O–H groups in total. The summed E-state index contributed by atoms with van der Waals surface area (Å²) in [6.45, 7) is 11.8. The van der Waals surface area contributed by atoms with Crippen LogP contribution in [0.2, 0.25) is 0 Å². The Balaban J connectivity index is 1.94. The molecule has 0 unspecified atom stereocenters. The second-order valence-electron chi connectivity index (χ2n) is 5.44. The summed E-state index contributed by atoms with van der Waals surface area (Å²) < 4.78 is 0. The number of anilines is 1. The minimum absolute atomic E-state index is 0.383. The van der Waals surface area contributed by atoms with Crippen molar-refractivity contribution in [2.75, 3.05) is 37.6 Å². The molecule has 0 atom stereocenters. The zero-order chi connectivity index (χ0) is 13.1. The SMILES string of the molecule is C[C](C)CN1CCN(c2ccc(O)c(C)c2)CC1. The van der Waals surface area contributed by atoms with Gasteiger partial charge in [-0.1, -0.05) is 13.8 Å². The number of benzene rings is 1. The molecule has 1 saturated heterocycles. The van der Waals surface area contributed by atoms with E-state index < -0.39 is 0 Å². The Morgan fingerprint density at radius 3 is 2.39 bits per heavy atom. The van der Waals surface area contributed by atoms with Crippen LogP contribution in [0.1, 0.15) is 19.4 Å². The van der Waals surface area contributed by atoms with E-state index in [-0.39, 0.29) is 0 Å². The van der Waals surface area contributed by atoms with Crippen molar-refractivity contribution in [2.24, 2.45) is 0 Å². The van der Waals surface area contributed by atoms with Gasteiger partial charge in [0.1, 0.15) is 5.75 Å². The third-order valence-electron chi connectivity index (χ3n) is 3.46. The number of hydrogen-bond donors (Lipinski definition) is 1. The lowest BCUT2D eigenvalue weighted by atomic mass is 10.1. The quantitative estimate of drug-likeness (QED) is 0.888. The molecule has 1 heterocycles. The number of phenolic OH excluding ortho intramolecular Hbond substituents is 1. The van der Waals surface area contributed by atoms with Crippen LogP contribution in [0.3, 0.4) is 0 Å². The highest BCUT2D eigenvalue weighted by molar-refractivity contribution is 5.52. The Morgan fingerprint density at radius 2 is 1.83 bits per heavy atom. The van der Waals surface area contributed by atoms with E-state index in [9.17, 15) is 5.11 Å². The Labute approximate surface area is 110 Å². The van der Waals surface area contributed by atoms with Gasteiger partial charge in [0.15, 0.2) is 0 Å². The summed E-state index contributed by atoms with van der Waals surface area (Å²) in [6, 6.07) is 5.87. The molecule has 1 fully saturated rings. The fraction of sp³-hybridized carbons (Fsp3) is 0.533. The highest BCUT2D eigenvalue weighted by atomic mass is 16.3. The normalized spacial score (nSPS) is 17.4.